The third-order valence-corrected chi connectivity index (χ3v) is 4.03. The highest BCUT2D eigenvalue weighted by Gasteiger charge is 2.20. The summed E-state index contributed by atoms with van der Waals surface area (Å²) in [5.74, 6) is -0.865. The topological polar surface area (TPSA) is 69.6 Å². The van der Waals surface area contributed by atoms with Crippen molar-refractivity contribution in [2.24, 2.45) is 5.92 Å². The number of carbonyl (C=O) groups excluding carboxylic acids is 1. The van der Waals surface area contributed by atoms with Gasteiger partial charge in [-0.1, -0.05) is 25.5 Å². The number of hydrogen-bond donors (Lipinski definition) is 2. The molecule has 1 fully saturated rings. The molecule has 114 valence electrons. The molecule has 0 heterocycles. The van der Waals surface area contributed by atoms with Gasteiger partial charge in [-0.05, 0) is 36.5 Å². The zero-order valence-corrected chi connectivity index (χ0v) is 12.5. The molecule has 0 spiro atoms. The Kier molecular flexibility index (Phi) is 4.83. The molecule has 1 aromatic rings. The number of rotatable bonds is 5. The van der Waals surface area contributed by atoms with Crippen LogP contribution < -0.4 is 5.32 Å². The number of hydrogen-bond acceptors (Lipinski definition) is 2. The van der Waals surface area contributed by atoms with Crippen molar-refractivity contribution in [3.05, 3.63) is 29.8 Å². The van der Waals surface area contributed by atoms with E-state index < -0.39 is 11.9 Å². The molecule has 0 aliphatic heterocycles. The van der Waals surface area contributed by atoms with Crippen LogP contribution in [0.5, 0.6) is 0 Å². The highest BCUT2D eigenvalue weighted by atomic mass is 16.4. The zero-order chi connectivity index (χ0) is 15.4. The standard InChI is InChI=1S/C16H22N2O3/c1-11(15(19)20)10-18(2)16(21)17-14-8-4-7-13(9-14)12-5-3-6-12/h4,7-9,11-12H,3,5-6,10H2,1-2H3,(H,17,21)(H,19,20). The van der Waals surface area contributed by atoms with Gasteiger partial charge < -0.3 is 15.3 Å². The minimum Gasteiger partial charge on any atom is -0.481 e. The predicted molar refractivity (Wildman–Crippen MR) is 81.5 cm³/mol. The van der Waals surface area contributed by atoms with Crippen molar-refractivity contribution in [3.8, 4) is 0 Å². The van der Waals surface area contributed by atoms with Crippen LogP contribution in [-0.4, -0.2) is 35.6 Å². The van der Waals surface area contributed by atoms with Crippen LogP contribution in [0.25, 0.3) is 0 Å². The highest BCUT2D eigenvalue weighted by molar-refractivity contribution is 5.89. The van der Waals surface area contributed by atoms with Gasteiger partial charge in [-0.25, -0.2) is 4.79 Å². The van der Waals surface area contributed by atoms with E-state index in [1.807, 2.05) is 18.2 Å². The Bertz CT molecular complexity index is 526. The third kappa shape index (κ3) is 3.97. The number of anilines is 1. The Morgan fingerprint density at radius 3 is 2.71 bits per heavy atom. The fraction of sp³-hybridized carbons (Fsp3) is 0.500. The molecule has 5 nitrogen and oxygen atoms in total. The van der Waals surface area contributed by atoms with Crippen molar-refractivity contribution in [1.29, 1.82) is 0 Å². The summed E-state index contributed by atoms with van der Waals surface area (Å²) >= 11 is 0. The maximum absolute atomic E-state index is 12.1. The second-order valence-corrected chi connectivity index (χ2v) is 5.80. The molecular formula is C16H22N2O3. The molecule has 21 heavy (non-hydrogen) atoms. The molecule has 1 aliphatic carbocycles. The molecule has 1 aliphatic rings. The Morgan fingerprint density at radius 1 is 1.43 bits per heavy atom. The van der Waals surface area contributed by atoms with Crippen LogP contribution in [0.1, 0.15) is 37.7 Å². The first-order chi connectivity index (χ1) is 9.97. The van der Waals surface area contributed by atoms with Gasteiger partial charge in [-0.2, -0.15) is 0 Å². The summed E-state index contributed by atoms with van der Waals surface area (Å²) in [6.07, 6.45) is 3.71. The second kappa shape index (κ2) is 6.61. The van der Waals surface area contributed by atoms with Crippen molar-refractivity contribution in [1.82, 2.24) is 4.90 Å². The Balaban J connectivity index is 1.94. The summed E-state index contributed by atoms with van der Waals surface area (Å²) in [5, 5.41) is 11.7. The summed E-state index contributed by atoms with van der Waals surface area (Å²) in [4.78, 5) is 24.3. The maximum Gasteiger partial charge on any atom is 0.321 e. The number of aliphatic carboxylic acids is 1. The molecule has 5 heteroatoms. The number of carboxylic acid groups (broad SMARTS) is 1. The molecule has 0 saturated heterocycles. The quantitative estimate of drug-likeness (QED) is 0.875. The lowest BCUT2D eigenvalue weighted by molar-refractivity contribution is -0.141. The van der Waals surface area contributed by atoms with Crippen LogP contribution in [0.3, 0.4) is 0 Å². The SMILES string of the molecule is CC(CN(C)C(=O)Nc1cccc(C2CCC2)c1)C(=O)O. The van der Waals surface area contributed by atoms with Crippen molar-refractivity contribution in [2.45, 2.75) is 32.1 Å². The van der Waals surface area contributed by atoms with Gasteiger partial charge >= 0.3 is 12.0 Å². The van der Waals surface area contributed by atoms with Gasteiger partial charge in [0.15, 0.2) is 0 Å². The van der Waals surface area contributed by atoms with Gasteiger partial charge in [0.1, 0.15) is 0 Å². The van der Waals surface area contributed by atoms with Gasteiger partial charge in [-0.15, -0.1) is 0 Å². The molecule has 0 aromatic heterocycles. The van der Waals surface area contributed by atoms with Crippen LogP contribution in [0.15, 0.2) is 24.3 Å². The first kappa shape index (κ1) is 15.4. The predicted octanol–water partition coefficient (Wildman–Crippen LogP) is 3.14. The maximum atomic E-state index is 12.1. The lowest BCUT2D eigenvalue weighted by Gasteiger charge is -2.26. The highest BCUT2D eigenvalue weighted by Crippen LogP contribution is 2.37. The van der Waals surface area contributed by atoms with Crippen LogP contribution in [0, 0.1) is 5.92 Å². The van der Waals surface area contributed by atoms with Gasteiger partial charge in [0, 0.05) is 19.3 Å². The average Bonchev–Trinajstić information content (AvgIpc) is 2.36. The summed E-state index contributed by atoms with van der Waals surface area (Å²) in [6, 6.07) is 7.62. The number of nitrogens with zero attached hydrogens (tertiary/aromatic N) is 1. The minimum atomic E-state index is -0.901. The van der Waals surface area contributed by atoms with E-state index in [1.54, 1.807) is 14.0 Å². The van der Waals surface area contributed by atoms with E-state index >= 15 is 0 Å². The molecule has 2 rings (SSSR count). The normalized spacial score (nSPS) is 15.9. The van der Waals surface area contributed by atoms with Gasteiger partial charge in [-0.3, -0.25) is 4.79 Å². The smallest absolute Gasteiger partial charge is 0.321 e. The van der Waals surface area contributed by atoms with E-state index in [2.05, 4.69) is 11.4 Å². The van der Waals surface area contributed by atoms with Crippen molar-refractivity contribution in [3.63, 3.8) is 0 Å². The van der Waals surface area contributed by atoms with Gasteiger partial charge in [0.25, 0.3) is 0 Å². The van der Waals surface area contributed by atoms with Gasteiger partial charge in [0.05, 0.1) is 5.92 Å². The van der Waals surface area contributed by atoms with Crippen molar-refractivity contribution in [2.75, 3.05) is 18.9 Å². The summed E-state index contributed by atoms with van der Waals surface area (Å²) in [5.41, 5.74) is 2.03. The van der Waals surface area contributed by atoms with E-state index in [9.17, 15) is 9.59 Å². The van der Waals surface area contributed by atoms with E-state index in [1.165, 1.54) is 29.7 Å². The van der Waals surface area contributed by atoms with Crippen LogP contribution >= 0.6 is 0 Å². The zero-order valence-electron chi connectivity index (χ0n) is 12.5. The van der Waals surface area contributed by atoms with Crippen molar-refractivity contribution < 1.29 is 14.7 Å². The first-order valence-corrected chi connectivity index (χ1v) is 7.32. The molecular weight excluding hydrogens is 268 g/mol. The molecule has 1 unspecified atom stereocenters. The molecule has 0 bridgehead atoms. The molecule has 1 atom stereocenters. The molecule has 0 radical (unpaired) electrons. The molecule has 1 aromatic carbocycles. The molecule has 1 saturated carbocycles. The fourth-order valence-electron chi connectivity index (χ4n) is 2.40. The average molecular weight is 290 g/mol. The Morgan fingerprint density at radius 2 is 2.14 bits per heavy atom. The molecule has 2 amide bonds. The van der Waals surface area contributed by atoms with E-state index in [-0.39, 0.29) is 12.6 Å². The number of carboxylic acids is 1. The van der Waals surface area contributed by atoms with E-state index in [4.69, 9.17) is 5.11 Å². The number of benzene rings is 1. The monoisotopic (exact) mass is 290 g/mol. The van der Waals surface area contributed by atoms with E-state index in [0.29, 0.717) is 5.92 Å². The number of nitrogens with one attached hydrogen (secondary N) is 1. The lowest BCUT2D eigenvalue weighted by atomic mass is 9.80. The fourth-order valence-corrected chi connectivity index (χ4v) is 2.40. The largest absolute Gasteiger partial charge is 0.481 e. The second-order valence-electron chi connectivity index (χ2n) is 5.80. The Hall–Kier alpha value is -2.04. The minimum absolute atomic E-state index is 0.184. The van der Waals surface area contributed by atoms with Crippen LogP contribution in [0.4, 0.5) is 10.5 Å². The van der Waals surface area contributed by atoms with Crippen LogP contribution in [0.2, 0.25) is 0 Å². The van der Waals surface area contributed by atoms with Gasteiger partial charge in [0.2, 0.25) is 0 Å². The van der Waals surface area contributed by atoms with E-state index in [0.717, 1.165) is 5.69 Å². The number of carbonyl (C=O) groups is 2. The molecule has 2 N–H and O–H groups in total. The summed E-state index contributed by atoms with van der Waals surface area (Å²) < 4.78 is 0. The number of amides is 2. The number of urea groups is 1. The van der Waals surface area contributed by atoms with Crippen molar-refractivity contribution >= 4 is 17.7 Å². The summed E-state index contributed by atoms with van der Waals surface area (Å²) in [6.45, 7) is 1.77. The Labute approximate surface area is 125 Å². The third-order valence-electron chi connectivity index (χ3n) is 4.03. The van der Waals surface area contributed by atoms with Crippen LogP contribution in [-0.2, 0) is 4.79 Å². The lowest BCUT2D eigenvalue weighted by Crippen LogP contribution is -2.36. The summed E-state index contributed by atoms with van der Waals surface area (Å²) in [7, 11) is 1.60. The first-order valence-electron chi connectivity index (χ1n) is 7.32.